The van der Waals surface area contributed by atoms with Crippen molar-refractivity contribution in [3.63, 3.8) is 0 Å². The molecule has 1 amide bonds. The van der Waals surface area contributed by atoms with Crippen molar-refractivity contribution >= 4 is 39.1 Å². The standard InChI is InChI=1S/C22H19F3N2O4S2/c1-32-19-7-3-5-16(13-19)26-21(28)14-31-18-8-10-20(11-9-18)33(29,30)27-17-6-2-4-15(12-17)22(23,24)25/h2-13,27H,14H2,1H3,(H,26,28). The summed E-state index contributed by atoms with van der Waals surface area (Å²) >= 11 is 1.54. The van der Waals surface area contributed by atoms with Crippen molar-refractivity contribution in [3.05, 3.63) is 78.4 Å². The van der Waals surface area contributed by atoms with Crippen molar-refractivity contribution in [1.29, 1.82) is 0 Å². The Morgan fingerprint density at radius 1 is 0.970 bits per heavy atom. The van der Waals surface area contributed by atoms with E-state index in [0.717, 1.165) is 17.0 Å². The molecule has 0 spiro atoms. The molecule has 2 N–H and O–H groups in total. The van der Waals surface area contributed by atoms with E-state index in [1.807, 2.05) is 24.5 Å². The Hall–Kier alpha value is -3.18. The maximum absolute atomic E-state index is 12.8. The number of hydrogen-bond acceptors (Lipinski definition) is 5. The number of alkyl halides is 3. The Bertz CT molecular complexity index is 1230. The number of halogens is 3. The number of amides is 1. The summed E-state index contributed by atoms with van der Waals surface area (Å²) in [7, 11) is -4.13. The molecule has 174 valence electrons. The van der Waals surface area contributed by atoms with E-state index in [9.17, 15) is 26.4 Å². The molecular weight excluding hydrogens is 477 g/mol. The van der Waals surface area contributed by atoms with Crippen molar-refractivity contribution in [1.82, 2.24) is 0 Å². The van der Waals surface area contributed by atoms with E-state index < -0.39 is 27.7 Å². The molecular formula is C22H19F3N2O4S2. The van der Waals surface area contributed by atoms with Crippen molar-refractivity contribution in [2.45, 2.75) is 16.0 Å². The van der Waals surface area contributed by atoms with Gasteiger partial charge in [0.1, 0.15) is 5.75 Å². The van der Waals surface area contributed by atoms with Gasteiger partial charge in [0.2, 0.25) is 0 Å². The van der Waals surface area contributed by atoms with Crippen LogP contribution in [0.4, 0.5) is 24.5 Å². The zero-order chi connectivity index (χ0) is 24.1. The predicted molar refractivity (Wildman–Crippen MR) is 121 cm³/mol. The van der Waals surface area contributed by atoms with Gasteiger partial charge in [-0.1, -0.05) is 12.1 Å². The SMILES string of the molecule is CSc1cccc(NC(=O)COc2ccc(S(=O)(=O)Nc3cccc(C(F)(F)F)c3)cc2)c1. The summed E-state index contributed by atoms with van der Waals surface area (Å²) in [6.07, 6.45) is -2.67. The summed E-state index contributed by atoms with van der Waals surface area (Å²) in [5.74, 6) is -0.141. The Morgan fingerprint density at radius 2 is 1.64 bits per heavy atom. The van der Waals surface area contributed by atoms with Gasteiger partial charge in [0, 0.05) is 16.3 Å². The normalized spacial score (nSPS) is 11.6. The van der Waals surface area contributed by atoms with Gasteiger partial charge in [0.25, 0.3) is 15.9 Å². The third-order valence-electron chi connectivity index (χ3n) is 4.30. The molecule has 3 rings (SSSR count). The second kappa shape index (κ2) is 10.2. The molecule has 0 unspecified atom stereocenters. The molecule has 11 heteroatoms. The Labute approximate surface area is 193 Å². The molecule has 0 saturated carbocycles. The first-order valence-electron chi connectivity index (χ1n) is 9.44. The highest BCUT2D eigenvalue weighted by atomic mass is 32.2. The van der Waals surface area contributed by atoms with Crippen LogP contribution in [0.25, 0.3) is 0 Å². The minimum absolute atomic E-state index is 0.175. The highest BCUT2D eigenvalue weighted by Crippen LogP contribution is 2.31. The number of anilines is 2. The summed E-state index contributed by atoms with van der Waals surface area (Å²) < 4.78 is 71.0. The molecule has 6 nitrogen and oxygen atoms in total. The molecule has 0 bridgehead atoms. The predicted octanol–water partition coefficient (Wildman–Crippen LogP) is 5.25. The zero-order valence-electron chi connectivity index (χ0n) is 17.2. The third kappa shape index (κ3) is 6.90. The van der Waals surface area contributed by atoms with Gasteiger partial charge in [-0.3, -0.25) is 9.52 Å². The summed E-state index contributed by atoms with van der Waals surface area (Å²) in [6.45, 7) is -0.294. The van der Waals surface area contributed by atoms with E-state index >= 15 is 0 Å². The van der Waals surface area contributed by atoms with Crippen molar-refractivity contribution in [2.24, 2.45) is 0 Å². The van der Waals surface area contributed by atoms with Crippen LogP contribution in [-0.2, 0) is 21.0 Å². The van der Waals surface area contributed by atoms with Gasteiger partial charge in [-0.2, -0.15) is 13.2 Å². The van der Waals surface area contributed by atoms with E-state index in [2.05, 4.69) is 10.0 Å². The molecule has 0 aliphatic carbocycles. The van der Waals surface area contributed by atoms with Crippen LogP contribution in [0, 0.1) is 0 Å². The van der Waals surface area contributed by atoms with Crippen LogP contribution < -0.4 is 14.8 Å². The number of hydrogen-bond donors (Lipinski definition) is 2. The Kier molecular flexibility index (Phi) is 7.54. The number of thioether (sulfide) groups is 1. The number of sulfonamides is 1. The van der Waals surface area contributed by atoms with Crippen LogP contribution in [0.2, 0.25) is 0 Å². The van der Waals surface area contributed by atoms with Gasteiger partial charge in [0.05, 0.1) is 10.5 Å². The lowest BCUT2D eigenvalue weighted by Gasteiger charge is -2.12. The van der Waals surface area contributed by atoms with Crippen LogP contribution in [0.5, 0.6) is 5.75 Å². The summed E-state index contributed by atoms with van der Waals surface area (Å²) in [4.78, 5) is 12.9. The Morgan fingerprint density at radius 3 is 2.30 bits per heavy atom. The molecule has 3 aromatic carbocycles. The van der Waals surface area contributed by atoms with E-state index in [1.54, 1.807) is 6.07 Å². The minimum Gasteiger partial charge on any atom is -0.484 e. The van der Waals surface area contributed by atoms with E-state index in [4.69, 9.17) is 4.74 Å². The number of benzene rings is 3. The number of nitrogens with one attached hydrogen (secondary N) is 2. The highest BCUT2D eigenvalue weighted by Gasteiger charge is 2.30. The van der Waals surface area contributed by atoms with Gasteiger partial charge in [-0.05, 0) is 66.9 Å². The number of carbonyl (C=O) groups is 1. The van der Waals surface area contributed by atoms with E-state index in [1.165, 1.54) is 42.1 Å². The summed E-state index contributed by atoms with van der Waals surface area (Å²) in [5, 5.41) is 2.70. The molecule has 0 aliphatic heterocycles. The average Bonchev–Trinajstić information content (AvgIpc) is 2.77. The largest absolute Gasteiger partial charge is 0.484 e. The van der Waals surface area contributed by atoms with Crippen molar-refractivity contribution < 1.29 is 31.1 Å². The second-order valence-electron chi connectivity index (χ2n) is 6.72. The average molecular weight is 497 g/mol. The zero-order valence-corrected chi connectivity index (χ0v) is 18.9. The van der Waals surface area contributed by atoms with Gasteiger partial charge in [-0.15, -0.1) is 11.8 Å². The molecule has 0 radical (unpaired) electrons. The van der Waals surface area contributed by atoms with Gasteiger partial charge >= 0.3 is 6.18 Å². The monoisotopic (exact) mass is 496 g/mol. The molecule has 0 aliphatic rings. The fourth-order valence-electron chi connectivity index (χ4n) is 2.73. The molecule has 0 heterocycles. The molecule has 33 heavy (non-hydrogen) atoms. The van der Waals surface area contributed by atoms with Crippen LogP contribution >= 0.6 is 11.8 Å². The van der Waals surface area contributed by atoms with Crippen LogP contribution in [0.15, 0.2) is 82.6 Å². The van der Waals surface area contributed by atoms with Crippen molar-refractivity contribution in [3.8, 4) is 5.75 Å². The fourth-order valence-corrected chi connectivity index (χ4v) is 4.24. The quantitative estimate of drug-likeness (QED) is 0.417. The molecule has 0 atom stereocenters. The van der Waals surface area contributed by atoms with Crippen molar-refractivity contribution in [2.75, 3.05) is 22.9 Å². The highest BCUT2D eigenvalue weighted by molar-refractivity contribution is 7.98. The Balaban J connectivity index is 1.60. The van der Waals surface area contributed by atoms with E-state index in [0.29, 0.717) is 11.8 Å². The van der Waals surface area contributed by atoms with Gasteiger partial charge in [0.15, 0.2) is 6.61 Å². The van der Waals surface area contributed by atoms with Gasteiger partial charge < -0.3 is 10.1 Å². The van der Waals surface area contributed by atoms with Gasteiger partial charge in [-0.25, -0.2) is 8.42 Å². The lowest BCUT2D eigenvalue weighted by molar-refractivity contribution is -0.137. The summed E-state index contributed by atoms with van der Waals surface area (Å²) in [6, 6.07) is 16.3. The minimum atomic E-state index is -4.59. The topological polar surface area (TPSA) is 84.5 Å². The first-order chi connectivity index (χ1) is 15.6. The summed E-state index contributed by atoms with van der Waals surface area (Å²) in [5.41, 5.74) is -0.560. The van der Waals surface area contributed by atoms with Crippen LogP contribution in [0.3, 0.4) is 0 Å². The number of ether oxygens (including phenoxy) is 1. The fraction of sp³-hybridized carbons (Fsp3) is 0.136. The first-order valence-corrected chi connectivity index (χ1v) is 12.1. The first kappa shape index (κ1) is 24.5. The van der Waals surface area contributed by atoms with Crippen LogP contribution in [0.1, 0.15) is 5.56 Å². The smallest absolute Gasteiger partial charge is 0.416 e. The molecule has 3 aromatic rings. The van der Waals surface area contributed by atoms with E-state index in [-0.39, 0.29) is 22.9 Å². The lowest BCUT2D eigenvalue weighted by atomic mass is 10.2. The molecule has 0 saturated heterocycles. The number of carbonyl (C=O) groups excluding carboxylic acids is 1. The third-order valence-corrected chi connectivity index (χ3v) is 6.42. The maximum Gasteiger partial charge on any atom is 0.416 e. The number of rotatable bonds is 8. The second-order valence-corrected chi connectivity index (χ2v) is 9.29. The lowest BCUT2D eigenvalue weighted by Crippen LogP contribution is -2.20. The molecule has 0 aromatic heterocycles. The molecule has 0 fully saturated rings. The van der Waals surface area contributed by atoms with Crippen LogP contribution in [-0.4, -0.2) is 27.2 Å². The maximum atomic E-state index is 12.8.